The fourth-order valence-corrected chi connectivity index (χ4v) is 1.45. The molecule has 0 aliphatic rings. The smallest absolute Gasteiger partial charge is 0.146 e. The molecule has 0 aliphatic carbocycles. The standard InChI is InChI=1S/C13H10FN3/c1-9-2-3-13(12(14)6-9)17-10-4-5-16-11(7-10)8-15/h2-7H,1H3,(H,16,17). The summed E-state index contributed by atoms with van der Waals surface area (Å²) in [5.41, 5.74) is 2.17. The lowest BCUT2D eigenvalue weighted by molar-refractivity contribution is 0.630. The van der Waals surface area contributed by atoms with Gasteiger partial charge in [0.15, 0.2) is 0 Å². The van der Waals surface area contributed by atoms with Crippen LogP contribution in [-0.4, -0.2) is 4.98 Å². The number of hydrogen-bond donors (Lipinski definition) is 1. The number of benzene rings is 1. The number of rotatable bonds is 2. The first kappa shape index (κ1) is 11.1. The lowest BCUT2D eigenvalue weighted by Gasteiger charge is -2.07. The largest absolute Gasteiger partial charge is 0.353 e. The molecule has 1 aromatic heterocycles. The van der Waals surface area contributed by atoms with E-state index in [-0.39, 0.29) is 5.82 Å². The Balaban J connectivity index is 2.28. The van der Waals surface area contributed by atoms with Crippen molar-refractivity contribution in [2.75, 3.05) is 5.32 Å². The first-order valence-corrected chi connectivity index (χ1v) is 5.08. The van der Waals surface area contributed by atoms with Crippen LogP contribution in [0, 0.1) is 24.1 Å². The van der Waals surface area contributed by atoms with E-state index in [9.17, 15) is 4.39 Å². The second-order valence-corrected chi connectivity index (χ2v) is 3.65. The maximum Gasteiger partial charge on any atom is 0.146 e. The van der Waals surface area contributed by atoms with E-state index in [4.69, 9.17) is 5.26 Å². The average Bonchev–Trinajstić information content (AvgIpc) is 2.33. The predicted molar refractivity (Wildman–Crippen MR) is 63.4 cm³/mol. The summed E-state index contributed by atoms with van der Waals surface area (Å²) in [5.74, 6) is -0.319. The molecule has 0 radical (unpaired) electrons. The van der Waals surface area contributed by atoms with Gasteiger partial charge in [-0.25, -0.2) is 9.37 Å². The van der Waals surface area contributed by atoms with Crippen molar-refractivity contribution in [1.82, 2.24) is 4.98 Å². The molecule has 1 aromatic carbocycles. The van der Waals surface area contributed by atoms with E-state index in [1.54, 1.807) is 18.2 Å². The van der Waals surface area contributed by atoms with Gasteiger partial charge in [0.1, 0.15) is 17.6 Å². The van der Waals surface area contributed by atoms with Gasteiger partial charge in [-0.1, -0.05) is 6.07 Å². The van der Waals surface area contributed by atoms with Gasteiger partial charge in [-0.15, -0.1) is 0 Å². The van der Waals surface area contributed by atoms with Gasteiger partial charge in [0.25, 0.3) is 0 Å². The van der Waals surface area contributed by atoms with E-state index in [1.165, 1.54) is 12.3 Å². The number of nitriles is 1. The number of nitrogens with zero attached hydrogens (tertiary/aromatic N) is 2. The molecule has 1 N–H and O–H groups in total. The number of anilines is 2. The van der Waals surface area contributed by atoms with Crippen molar-refractivity contribution >= 4 is 11.4 Å². The Hall–Kier alpha value is -2.41. The van der Waals surface area contributed by atoms with E-state index in [2.05, 4.69) is 10.3 Å². The fourth-order valence-electron chi connectivity index (χ4n) is 1.45. The highest BCUT2D eigenvalue weighted by atomic mass is 19.1. The third kappa shape index (κ3) is 2.58. The number of hydrogen-bond acceptors (Lipinski definition) is 3. The Labute approximate surface area is 98.5 Å². The molecule has 1 heterocycles. The molecular weight excluding hydrogens is 217 g/mol. The zero-order valence-corrected chi connectivity index (χ0v) is 9.24. The predicted octanol–water partition coefficient (Wildman–Crippen LogP) is 3.14. The van der Waals surface area contributed by atoms with Gasteiger partial charge in [-0.3, -0.25) is 0 Å². The Morgan fingerprint density at radius 1 is 1.29 bits per heavy atom. The summed E-state index contributed by atoms with van der Waals surface area (Å²) < 4.78 is 13.6. The van der Waals surface area contributed by atoms with Crippen LogP contribution in [0.5, 0.6) is 0 Å². The van der Waals surface area contributed by atoms with Crippen LogP contribution in [-0.2, 0) is 0 Å². The highest BCUT2D eigenvalue weighted by Gasteiger charge is 2.03. The van der Waals surface area contributed by atoms with Gasteiger partial charge in [0, 0.05) is 11.9 Å². The normalized spacial score (nSPS) is 9.71. The quantitative estimate of drug-likeness (QED) is 0.857. The van der Waals surface area contributed by atoms with Crippen LogP contribution in [0.2, 0.25) is 0 Å². The number of halogens is 1. The Bertz CT molecular complexity index is 587. The number of aryl methyl sites for hydroxylation is 1. The second-order valence-electron chi connectivity index (χ2n) is 3.65. The molecule has 0 atom stereocenters. The summed E-state index contributed by atoms with van der Waals surface area (Å²) in [6.45, 7) is 1.83. The highest BCUT2D eigenvalue weighted by Crippen LogP contribution is 2.20. The molecule has 0 fully saturated rings. The molecule has 0 aliphatic heterocycles. The van der Waals surface area contributed by atoms with E-state index in [0.717, 1.165) is 5.56 Å². The van der Waals surface area contributed by atoms with Gasteiger partial charge < -0.3 is 5.32 Å². The van der Waals surface area contributed by atoms with E-state index >= 15 is 0 Å². The van der Waals surface area contributed by atoms with Crippen LogP contribution < -0.4 is 5.32 Å². The second kappa shape index (κ2) is 4.62. The first-order valence-electron chi connectivity index (χ1n) is 5.08. The summed E-state index contributed by atoms with van der Waals surface area (Å²) >= 11 is 0. The van der Waals surface area contributed by atoms with Crippen molar-refractivity contribution in [2.24, 2.45) is 0 Å². The van der Waals surface area contributed by atoms with E-state index in [0.29, 0.717) is 17.1 Å². The maximum atomic E-state index is 13.6. The topological polar surface area (TPSA) is 48.7 Å². The van der Waals surface area contributed by atoms with Gasteiger partial charge in [-0.05, 0) is 36.8 Å². The maximum absolute atomic E-state index is 13.6. The molecule has 0 amide bonds. The summed E-state index contributed by atoms with van der Waals surface area (Å²) in [7, 11) is 0. The van der Waals surface area contributed by atoms with Crippen LogP contribution in [0.25, 0.3) is 0 Å². The van der Waals surface area contributed by atoms with Crippen molar-refractivity contribution in [1.29, 1.82) is 5.26 Å². The summed E-state index contributed by atoms with van der Waals surface area (Å²) in [6.07, 6.45) is 1.51. The molecule has 0 saturated carbocycles. The number of nitrogens with one attached hydrogen (secondary N) is 1. The fraction of sp³-hybridized carbons (Fsp3) is 0.0769. The number of pyridine rings is 1. The highest BCUT2D eigenvalue weighted by molar-refractivity contribution is 5.61. The summed E-state index contributed by atoms with van der Waals surface area (Å²) in [4.78, 5) is 3.84. The molecule has 0 spiro atoms. The van der Waals surface area contributed by atoms with Gasteiger partial charge in [0.2, 0.25) is 0 Å². The molecule has 84 valence electrons. The SMILES string of the molecule is Cc1ccc(Nc2ccnc(C#N)c2)c(F)c1. The molecule has 4 heteroatoms. The lowest BCUT2D eigenvalue weighted by Crippen LogP contribution is -1.95. The summed E-state index contributed by atoms with van der Waals surface area (Å²) in [5, 5.41) is 11.6. The van der Waals surface area contributed by atoms with Crippen LogP contribution in [0.15, 0.2) is 36.5 Å². The Kier molecular flexibility index (Phi) is 3.01. The van der Waals surface area contributed by atoms with Crippen LogP contribution >= 0.6 is 0 Å². The van der Waals surface area contributed by atoms with Crippen molar-refractivity contribution in [3.63, 3.8) is 0 Å². The van der Waals surface area contributed by atoms with E-state index < -0.39 is 0 Å². The summed E-state index contributed by atoms with van der Waals surface area (Å²) in [6, 6.07) is 10.1. The molecule has 0 saturated heterocycles. The lowest BCUT2D eigenvalue weighted by atomic mass is 10.2. The van der Waals surface area contributed by atoms with Gasteiger partial charge in [-0.2, -0.15) is 5.26 Å². The van der Waals surface area contributed by atoms with Crippen LogP contribution in [0.4, 0.5) is 15.8 Å². The molecule has 0 unspecified atom stereocenters. The zero-order chi connectivity index (χ0) is 12.3. The minimum absolute atomic E-state index is 0.294. The minimum atomic E-state index is -0.319. The third-order valence-electron chi connectivity index (χ3n) is 2.28. The third-order valence-corrected chi connectivity index (χ3v) is 2.28. The van der Waals surface area contributed by atoms with Crippen molar-refractivity contribution in [3.8, 4) is 6.07 Å². The van der Waals surface area contributed by atoms with Crippen molar-refractivity contribution < 1.29 is 4.39 Å². The molecule has 3 nitrogen and oxygen atoms in total. The molecular formula is C13H10FN3. The Morgan fingerprint density at radius 2 is 2.12 bits per heavy atom. The number of aromatic nitrogens is 1. The molecule has 2 aromatic rings. The monoisotopic (exact) mass is 227 g/mol. The van der Waals surface area contributed by atoms with Gasteiger partial charge in [0.05, 0.1) is 5.69 Å². The average molecular weight is 227 g/mol. The first-order chi connectivity index (χ1) is 8.19. The van der Waals surface area contributed by atoms with Gasteiger partial charge >= 0.3 is 0 Å². The molecule has 0 bridgehead atoms. The molecule has 17 heavy (non-hydrogen) atoms. The minimum Gasteiger partial charge on any atom is -0.353 e. The van der Waals surface area contributed by atoms with Crippen molar-refractivity contribution in [2.45, 2.75) is 6.92 Å². The van der Waals surface area contributed by atoms with Crippen LogP contribution in [0.3, 0.4) is 0 Å². The van der Waals surface area contributed by atoms with Crippen molar-refractivity contribution in [3.05, 3.63) is 53.6 Å². The van der Waals surface area contributed by atoms with Crippen LogP contribution in [0.1, 0.15) is 11.3 Å². The molecule has 2 rings (SSSR count). The Morgan fingerprint density at radius 3 is 2.82 bits per heavy atom. The zero-order valence-electron chi connectivity index (χ0n) is 9.24. The van der Waals surface area contributed by atoms with E-state index in [1.807, 2.05) is 19.1 Å².